The van der Waals surface area contributed by atoms with E-state index in [0.717, 1.165) is 23.2 Å². The third kappa shape index (κ3) is 2.95. The summed E-state index contributed by atoms with van der Waals surface area (Å²) < 4.78 is 0. The Morgan fingerprint density at radius 2 is 2.09 bits per heavy atom. The van der Waals surface area contributed by atoms with Crippen LogP contribution >= 0.6 is 11.6 Å². The van der Waals surface area contributed by atoms with Crippen LogP contribution < -0.4 is 10.2 Å². The lowest BCUT2D eigenvalue weighted by atomic mass is 10.1. The van der Waals surface area contributed by atoms with Gasteiger partial charge in [0.1, 0.15) is 6.04 Å². The standard InChI is InChI=1S/C18H19ClN2O/c1-12-7-13(9-15(19)8-12)11-20-18(22)17-10-14-5-3-4-6-16(14)21(17)2/h3-9,17H,10-11H2,1-2H3,(H,20,22). The summed E-state index contributed by atoms with van der Waals surface area (Å²) in [5.74, 6) is 0.0522. The van der Waals surface area contributed by atoms with Crippen LogP contribution in [0, 0.1) is 6.92 Å². The number of hydrogen-bond acceptors (Lipinski definition) is 2. The van der Waals surface area contributed by atoms with Gasteiger partial charge in [0.25, 0.3) is 0 Å². The van der Waals surface area contributed by atoms with Crippen LogP contribution in [0.15, 0.2) is 42.5 Å². The van der Waals surface area contributed by atoms with Gasteiger partial charge < -0.3 is 10.2 Å². The van der Waals surface area contributed by atoms with Crippen LogP contribution in [0.2, 0.25) is 5.02 Å². The summed E-state index contributed by atoms with van der Waals surface area (Å²) in [5.41, 5.74) is 4.49. The van der Waals surface area contributed by atoms with Gasteiger partial charge in [0.05, 0.1) is 0 Å². The highest BCUT2D eigenvalue weighted by molar-refractivity contribution is 6.30. The fourth-order valence-electron chi connectivity index (χ4n) is 3.03. The molecule has 0 saturated carbocycles. The molecule has 0 radical (unpaired) electrons. The van der Waals surface area contributed by atoms with Gasteiger partial charge in [-0.3, -0.25) is 4.79 Å². The highest BCUT2D eigenvalue weighted by atomic mass is 35.5. The van der Waals surface area contributed by atoms with Crippen molar-refractivity contribution in [1.29, 1.82) is 0 Å². The van der Waals surface area contributed by atoms with E-state index in [-0.39, 0.29) is 11.9 Å². The fourth-order valence-corrected chi connectivity index (χ4v) is 3.34. The van der Waals surface area contributed by atoms with Crippen molar-refractivity contribution in [1.82, 2.24) is 5.32 Å². The van der Waals surface area contributed by atoms with Crippen LogP contribution in [0.1, 0.15) is 16.7 Å². The maximum atomic E-state index is 12.5. The number of rotatable bonds is 3. The second-order valence-corrected chi connectivity index (χ2v) is 6.25. The first-order valence-electron chi connectivity index (χ1n) is 7.39. The number of benzene rings is 2. The molecule has 1 heterocycles. The van der Waals surface area contributed by atoms with E-state index in [2.05, 4.69) is 17.4 Å². The summed E-state index contributed by atoms with van der Waals surface area (Å²) in [6.45, 7) is 2.50. The average molecular weight is 315 g/mol. The molecule has 114 valence electrons. The van der Waals surface area contributed by atoms with E-state index < -0.39 is 0 Å². The Morgan fingerprint density at radius 1 is 1.32 bits per heavy atom. The zero-order chi connectivity index (χ0) is 15.7. The van der Waals surface area contributed by atoms with Crippen LogP contribution in [-0.2, 0) is 17.8 Å². The number of likely N-dealkylation sites (N-methyl/N-ethyl adjacent to an activating group) is 1. The van der Waals surface area contributed by atoms with E-state index in [4.69, 9.17) is 11.6 Å². The SMILES string of the molecule is Cc1cc(Cl)cc(CNC(=O)C2Cc3ccccc3N2C)c1. The van der Waals surface area contributed by atoms with Crippen molar-refractivity contribution in [3.63, 3.8) is 0 Å². The van der Waals surface area contributed by atoms with Gasteiger partial charge in [-0.1, -0.05) is 35.9 Å². The van der Waals surface area contributed by atoms with E-state index in [1.807, 2.05) is 49.2 Å². The van der Waals surface area contributed by atoms with Gasteiger partial charge in [0.2, 0.25) is 5.91 Å². The van der Waals surface area contributed by atoms with Gasteiger partial charge in [-0.05, 0) is 41.8 Å². The lowest BCUT2D eigenvalue weighted by Crippen LogP contribution is -2.43. The molecule has 0 aliphatic carbocycles. The first-order chi connectivity index (χ1) is 10.5. The third-order valence-corrected chi connectivity index (χ3v) is 4.34. The number of anilines is 1. The van der Waals surface area contributed by atoms with Crippen LogP contribution in [0.25, 0.3) is 0 Å². The first kappa shape index (κ1) is 14.9. The van der Waals surface area contributed by atoms with Crippen molar-refractivity contribution in [3.8, 4) is 0 Å². The predicted octanol–water partition coefficient (Wildman–Crippen LogP) is 3.33. The number of nitrogens with one attached hydrogen (secondary N) is 1. The molecule has 1 aliphatic heterocycles. The van der Waals surface area contributed by atoms with Crippen molar-refractivity contribution in [2.45, 2.75) is 25.9 Å². The number of aryl methyl sites for hydroxylation is 1. The van der Waals surface area contributed by atoms with Crippen molar-refractivity contribution in [2.75, 3.05) is 11.9 Å². The maximum absolute atomic E-state index is 12.5. The smallest absolute Gasteiger partial charge is 0.243 e. The Balaban J connectivity index is 1.66. The Hall–Kier alpha value is -2.00. The Bertz CT molecular complexity index is 694. The van der Waals surface area contributed by atoms with E-state index >= 15 is 0 Å². The van der Waals surface area contributed by atoms with Gasteiger partial charge in [-0.2, -0.15) is 0 Å². The molecule has 2 aromatic rings. The molecule has 0 spiro atoms. The zero-order valence-electron chi connectivity index (χ0n) is 12.8. The number of halogens is 1. The molecule has 1 aliphatic rings. The summed E-state index contributed by atoms with van der Waals surface area (Å²) in [6, 6.07) is 13.9. The third-order valence-electron chi connectivity index (χ3n) is 4.12. The Labute approximate surface area is 135 Å². The number of para-hydroxylation sites is 1. The summed E-state index contributed by atoms with van der Waals surface area (Å²) in [7, 11) is 1.97. The summed E-state index contributed by atoms with van der Waals surface area (Å²) >= 11 is 6.06. The highest BCUT2D eigenvalue weighted by Crippen LogP contribution is 2.30. The Morgan fingerprint density at radius 3 is 2.82 bits per heavy atom. The molecule has 0 fully saturated rings. The fraction of sp³-hybridized carbons (Fsp3) is 0.278. The first-order valence-corrected chi connectivity index (χ1v) is 7.77. The minimum atomic E-state index is -0.141. The van der Waals surface area contributed by atoms with Crippen LogP contribution in [0.3, 0.4) is 0 Å². The molecule has 0 saturated heterocycles. The van der Waals surface area contributed by atoms with E-state index in [1.54, 1.807) is 0 Å². The lowest BCUT2D eigenvalue weighted by Gasteiger charge is -2.21. The predicted molar refractivity (Wildman–Crippen MR) is 90.4 cm³/mol. The molecule has 1 N–H and O–H groups in total. The Kier molecular flexibility index (Phi) is 4.08. The molecule has 1 amide bonds. The molecule has 3 rings (SSSR count). The minimum absolute atomic E-state index is 0.0522. The van der Waals surface area contributed by atoms with Crippen molar-refractivity contribution < 1.29 is 4.79 Å². The van der Waals surface area contributed by atoms with Gasteiger partial charge >= 0.3 is 0 Å². The molecule has 0 bridgehead atoms. The lowest BCUT2D eigenvalue weighted by molar-refractivity contribution is -0.122. The normalized spacial score (nSPS) is 16.5. The number of nitrogens with zero attached hydrogens (tertiary/aromatic N) is 1. The second-order valence-electron chi connectivity index (χ2n) is 5.81. The molecule has 22 heavy (non-hydrogen) atoms. The minimum Gasteiger partial charge on any atom is -0.362 e. The number of carbonyl (C=O) groups excluding carboxylic acids is 1. The molecule has 0 aromatic heterocycles. The van der Waals surface area contributed by atoms with Gasteiger partial charge in [-0.25, -0.2) is 0 Å². The van der Waals surface area contributed by atoms with Crippen LogP contribution in [0.5, 0.6) is 0 Å². The number of hydrogen-bond donors (Lipinski definition) is 1. The number of amides is 1. The number of fused-ring (bicyclic) bond motifs is 1. The average Bonchev–Trinajstić information content (AvgIpc) is 2.82. The maximum Gasteiger partial charge on any atom is 0.243 e. The van der Waals surface area contributed by atoms with Gasteiger partial charge in [0, 0.05) is 30.7 Å². The quantitative estimate of drug-likeness (QED) is 0.942. The van der Waals surface area contributed by atoms with E-state index in [0.29, 0.717) is 11.6 Å². The molecule has 2 aromatic carbocycles. The molecule has 4 heteroatoms. The molecule has 1 atom stereocenters. The molecular weight excluding hydrogens is 296 g/mol. The highest BCUT2D eigenvalue weighted by Gasteiger charge is 2.31. The van der Waals surface area contributed by atoms with Gasteiger partial charge in [-0.15, -0.1) is 0 Å². The van der Waals surface area contributed by atoms with E-state index in [1.165, 1.54) is 5.56 Å². The summed E-state index contributed by atoms with van der Waals surface area (Å²) in [5, 5.41) is 3.72. The zero-order valence-corrected chi connectivity index (χ0v) is 13.5. The monoisotopic (exact) mass is 314 g/mol. The van der Waals surface area contributed by atoms with Crippen molar-refractivity contribution >= 4 is 23.2 Å². The summed E-state index contributed by atoms with van der Waals surface area (Å²) in [4.78, 5) is 14.5. The van der Waals surface area contributed by atoms with Crippen molar-refractivity contribution in [3.05, 3.63) is 64.2 Å². The van der Waals surface area contributed by atoms with Crippen LogP contribution in [-0.4, -0.2) is 19.0 Å². The largest absolute Gasteiger partial charge is 0.362 e. The van der Waals surface area contributed by atoms with Crippen LogP contribution in [0.4, 0.5) is 5.69 Å². The van der Waals surface area contributed by atoms with Gasteiger partial charge in [0.15, 0.2) is 0 Å². The number of carbonyl (C=O) groups is 1. The second kappa shape index (κ2) is 6.01. The topological polar surface area (TPSA) is 32.3 Å². The molecular formula is C18H19ClN2O. The van der Waals surface area contributed by atoms with Crippen molar-refractivity contribution in [2.24, 2.45) is 0 Å². The van der Waals surface area contributed by atoms with E-state index in [9.17, 15) is 4.79 Å². The molecule has 1 unspecified atom stereocenters. The molecule has 3 nitrogen and oxygen atoms in total. The summed E-state index contributed by atoms with van der Waals surface area (Å²) in [6.07, 6.45) is 0.757.